The van der Waals surface area contributed by atoms with E-state index in [2.05, 4.69) is 161 Å². The first-order valence-corrected chi connectivity index (χ1v) is 24.4. The average Bonchev–Trinajstić information content (AvgIpc) is 3.27. The topological polar surface area (TPSA) is 61.8 Å². The van der Waals surface area contributed by atoms with Crippen LogP contribution in [0.15, 0.2) is 146 Å². The van der Waals surface area contributed by atoms with E-state index in [1.807, 2.05) is 6.08 Å². The van der Waals surface area contributed by atoms with Gasteiger partial charge in [0.2, 0.25) is 0 Å². The minimum atomic E-state index is -0.620. The van der Waals surface area contributed by atoms with Gasteiger partial charge < -0.3 is 14.2 Å². The summed E-state index contributed by atoms with van der Waals surface area (Å²) in [6.07, 6.45) is 74.6. The molecule has 0 spiro atoms. The van der Waals surface area contributed by atoms with Gasteiger partial charge in [-0.25, -0.2) is 0 Å². The molecule has 0 aliphatic heterocycles. The highest BCUT2D eigenvalue weighted by Gasteiger charge is 2.17. The molecular formula is C57H88O5. The molecule has 0 saturated carbocycles. The molecule has 346 valence electrons. The predicted molar refractivity (Wildman–Crippen MR) is 269 cm³/mol. The number of hydrogen-bond acceptors (Lipinski definition) is 5. The molecule has 0 fully saturated rings. The van der Waals surface area contributed by atoms with Crippen molar-refractivity contribution in [3.8, 4) is 0 Å². The summed E-state index contributed by atoms with van der Waals surface area (Å²) in [5, 5.41) is 0. The summed E-state index contributed by atoms with van der Waals surface area (Å²) in [4.78, 5) is 25.3. The van der Waals surface area contributed by atoms with Gasteiger partial charge in [0.25, 0.3) is 0 Å². The van der Waals surface area contributed by atoms with E-state index >= 15 is 0 Å². The lowest BCUT2D eigenvalue weighted by Gasteiger charge is -2.18. The number of rotatable bonds is 42. The van der Waals surface area contributed by atoms with Crippen molar-refractivity contribution < 1.29 is 23.8 Å². The summed E-state index contributed by atoms with van der Waals surface area (Å²) in [5.74, 6) is -0.561. The number of allylic oxidation sites excluding steroid dienone is 23. The smallest absolute Gasteiger partial charge is 0.306 e. The number of hydrogen-bond donors (Lipinski definition) is 0. The van der Waals surface area contributed by atoms with Crippen molar-refractivity contribution in [2.75, 3.05) is 19.8 Å². The van der Waals surface area contributed by atoms with Crippen molar-refractivity contribution in [2.24, 2.45) is 0 Å². The van der Waals surface area contributed by atoms with Crippen LogP contribution in [0.25, 0.3) is 0 Å². The fraction of sp³-hybridized carbons (Fsp3) is 0.544. The average molecular weight is 853 g/mol. The summed E-state index contributed by atoms with van der Waals surface area (Å²) in [7, 11) is 0. The normalized spacial score (nSPS) is 13.5. The Morgan fingerprint density at radius 3 is 1.23 bits per heavy atom. The van der Waals surface area contributed by atoms with Crippen LogP contribution in [-0.4, -0.2) is 37.9 Å². The van der Waals surface area contributed by atoms with E-state index in [9.17, 15) is 9.59 Å². The van der Waals surface area contributed by atoms with Crippen LogP contribution in [-0.2, 0) is 23.8 Å². The van der Waals surface area contributed by atoms with Crippen LogP contribution in [0.5, 0.6) is 0 Å². The second-order valence-corrected chi connectivity index (χ2v) is 15.2. The standard InChI is InChI=1S/C57H88O5/c1-4-7-10-13-16-19-22-24-26-28-29-30-31-33-36-38-41-44-47-50-56(58)61-54-55(62-57(59)51-48-45-42-39-35-21-18-15-12-9-6-3)53-60-52-49-46-43-40-37-34-32-27-25-23-20-17-14-11-8-5-2/h7-8,10-11,15-20,24-27,29-30,33-34,36-37,41,43-44,46,55H,4-6,9,12-14,21-23,28,31-32,35,38-40,42,45,47-54H2,1-3H3/b10-7-,11-8-,18-15-,19-16-,20-17-,26-24-,27-25-,30-29-,36-33-,37-34-,44-41-,46-43-. The molecule has 0 aromatic rings. The zero-order chi connectivity index (χ0) is 44.9. The molecule has 0 aromatic carbocycles. The van der Waals surface area contributed by atoms with Gasteiger partial charge in [0.05, 0.1) is 13.2 Å². The molecule has 1 unspecified atom stereocenters. The van der Waals surface area contributed by atoms with Crippen molar-refractivity contribution in [1.29, 1.82) is 0 Å². The summed E-state index contributed by atoms with van der Waals surface area (Å²) in [5.41, 5.74) is 0. The number of unbranched alkanes of at least 4 members (excludes halogenated alkanes) is 7. The number of carbonyl (C=O) groups excluding carboxylic acids is 2. The van der Waals surface area contributed by atoms with Crippen LogP contribution in [0, 0.1) is 0 Å². The zero-order valence-corrected chi connectivity index (χ0v) is 39.6. The van der Waals surface area contributed by atoms with E-state index in [4.69, 9.17) is 14.2 Å². The second-order valence-electron chi connectivity index (χ2n) is 15.2. The number of carbonyl (C=O) groups is 2. The Labute approximate surface area is 381 Å². The largest absolute Gasteiger partial charge is 0.462 e. The quantitative estimate of drug-likeness (QED) is 0.0348. The van der Waals surface area contributed by atoms with Crippen molar-refractivity contribution in [1.82, 2.24) is 0 Å². The molecule has 0 rings (SSSR count). The fourth-order valence-corrected chi connectivity index (χ4v) is 5.81. The Balaban J connectivity index is 4.52. The van der Waals surface area contributed by atoms with Gasteiger partial charge in [-0.1, -0.05) is 199 Å². The monoisotopic (exact) mass is 853 g/mol. The van der Waals surface area contributed by atoms with Crippen LogP contribution < -0.4 is 0 Å². The van der Waals surface area contributed by atoms with E-state index in [0.29, 0.717) is 19.4 Å². The Morgan fingerprint density at radius 1 is 0.371 bits per heavy atom. The van der Waals surface area contributed by atoms with Gasteiger partial charge in [0.1, 0.15) is 6.61 Å². The molecule has 0 radical (unpaired) electrons. The molecule has 62 heavy (non-hydrogen) atoms. The van der Waals surface area contributed by atoms with E-state index in [-0.39, 0.29) is 31.6 Å². The third-order valence-electron chi connectivity index (χ3n) is 9.37. The van der Waals surface area contributed by atoms with E-state index in [1.165, 1.54) is 32.1 Å². The highest BCUT2D eigenvalue weighted by atomic mass is 16.6. The molecule has 1 atom stereocenters. The lowest BCUT2D eigenvalue weighted by Crippen LogP contribution is -2.30. The third kappa shape index (κ3) is 48.4. The minimum absolute atomic E-state index is 0.00175. The third-order valence-corrected chi connectivity index (χ3v) is 9.37. The van der Waals surface area contributed by atoms with Crippen molar-refractivity contribution >= 4 is 11.9 Å². The van der Waals surface area contributed by atoms with Gasteiger partial charge in [-0.2, -0.15) is 0 Å². The summed E-state index contributed by atoms with van der Waals surface area (Å²) >= 11 is 0. The summed E-state index contributed by atoms with van der Waals surface area (Å²) < 4.78 is 17.2. The van der Waals surface area contributed by atoms with Gasteiger partial charge in [0, 0.05) is 12.8 Å². The summed E-state index contributed by atoms with van der Waals surface area (Å²) in [6.45, 7) is 7.23. The molecule has 0 saturated heterocycles. The van der Waals surface area contributed by atoms with Gasteiger partial charge >= 0.3 is 11.9 Å². The predicted octanol–water partition coefficient (Wildman–Crippen LogP) is 16.6. The molecule has 0 bridgehead atoms. The van der Waals surface area contributed by atoms with Crippen molar-refractivity contribution in [3.05, 3.63) is 146 Å². The first-order chi connectivity index (χ1) is 30.6. The first-order valence-electron chi connectivity index (χ1n) is 24.4. The molecule has 5 heteroatoms. The van der Waals surface area contributed by atoms with Crippen molar-refractivity contribution in [3.63, 3.8) is 0 Å². The maximum absolute atomic E-state index is 12.7. The summed E-state index contributed by atoms with van der Waals surface area (Å²) in [6, 6.07) is 0. The highest BCUT2D eigenvalue weighted by molar-refractivity contribution is 5.70. The van der Waals surface area contributed by atoms with E-state index in [1.54, 1.807) is 0 Å². The maximum Gasteiger partial charge on any atom is 0.306 e. The molecule has 0 heterocycles. The number of esters is 2. The van der Waals surface area contributed by atoms with Crippen LogP contribution >= 0.6 is 0 Å². The fourth-order valence-electron chi connectivity index (χ4n) is 5.81. The first kappa shape index (κ1) is 57.8. The Hall–Kier alpha value is -4.22. The van der Waals surface area contributed by atoms with Crippen molar-refractivity contribution in [2.45, 2.75) is 181 Å². The lowest BCUT2D eigenvalue weighted by molar-refractivity contribution is -0.162. The lowest BCUT2D eigenvalue weighted by atomic mass is 10.1. The van der Waals surface area contributed by atoms with Crippen LogP contribution in [0.3, 0.4) is 0 Å². The SMILES string of the molecule is CC/C=C\C/C=C\C/C=C\C/C=C\C/C=C\C/C=C\CCC(=O)OCC(COCC/C=C\C/C=C\C/C=C\C/C=C\C/C=C\CC)OC(=O)CCCCCCC/C=C\CCCC. The molecule has 0 amide bonds. The molecular weight excluding hydrogens is 765 g/mol. The Kier molecular flexibility index (Phi) is 47.7. The minimum Gasteiger partial charge on any atom is -0.462 e. The van der Waals surface area contributed by atoms with E-state index in [0.717, 1.165) is 103 Å². The highest BCUT2D eigenvalue weighted by Crippen LogP contribution is 2.11. The molecule has 0 aliphatic rings. The molecule has 5 nitrogen and oxygen atoms in total. The Bertz CT molecular complexity index is 1380. The van der Waals surface area contributed by atoms with Crippen LogP contribution in [0.1, 0.15) is 175 Å². The second kappa shape index (κ2) is 51.1. The van der Waals surface area contributed by atoms with Gasteiger partial charge in [0.15, 0.2) is 6.10 Å². The van der Waals surface area contributed by atoms with Crippen LogP contribution in [0.4, 0.5) is 0 Å². The van der Waals surface area contributed by atoms with Crippen LogP contribution in [0.2, 0.25) is 0 Å². The molecule has 0 N–H and O–H groups in total. The Morgan fingerprint density at radius 2 is 0.758 bits per heavy atom. The van der Waals surface area contributed by atoms with Gasteiger partial charge in [-0.3, -0.25) is 9.59 Å². The van der Waals surface area contributed by atoms with Gasteiger partial charge in [-0.05, 0) is 109 Å². The van der Waals surface area contributed by atoms with E-state index < -0.39 is 6.10 Å². The maximum atomic E-state index is 12.7. The zero-order valence-electron chi connectivity index (χ0n) is 39.6. The number of ether oxygens (including phenoxy) is 3. The van der Waals surface area contributed by atoms with Gasteiger partial charge in [-0.15, -0.1) is 0 Å². The molecule has 0 aromatic heterocycles. The molecule has 0 aliphatic carbocycles.